The minimum absolute atomic E-state index is 0.0362. The van der Waals surface area contributed by atoms with E-state index in [2.05, 4.69) is 5.32 Å². The number of amides is 3. The van der Waals surface area contributed by atoms with Crippen molar-refractivity contribution in [2.45, 2.75) is 12.8 Å². The highest BCUT2D eigenvalue weighted by Gasteiger charge is 2.40. The summed E-state index contributed by atoms with van der Waals surface area (Å²) in [4.78, 5) is 46.6. The van der Waals surface area contributed by atoms with Crippen molar-refractivity contribution in [2.24, 2.45) is 0 Å². The second-order valence-electron chi connectivity index (χ2n) is 4.50. The van der Waals surface area contributed by atoms with Crippen molar-refractivity contribution < 1.29 is 19.3 Å². The molecule has 3 amide bonds. The topological polar surface area (TPSA) is 110 Å². The van der Waals surface area contributed by atoms with Crippen molar-refractivity contribution in [3.63, 3.8) is 0 Å². The fraction of sp³-hybridized carbons (Fsp3) is 0.308. The number of carbonyl (C=O) groups is 3. The summed E-state index contributed by atoms with van der Waals surface area (Å²) in [5.41, 5.74) is -0.513. The van der Waals surface area contributed by atoms with Crippen molar-refractivity contribution in [1.82, 2.24) is 10.2 Å². The molecular weight excluding hydrogens is 278 g/mol. The zero-order valence-corrected chi connectivity index (χ0v) is 11.3. The number of benzene rings is 1. The Bertz CT molecular complexity index is 641. The number of nitrogens with one attached hydrogen (secondary N) is 1. The van der Waals surface area contributed by atoms with E-state index in [1.54, 1.807) is 0 Å². The highest BCUT2D eigenvalue weighted by Crippen LogP contribution is 2.30. The lowest BCUT2D eigenvalue weighted by atomic mass is 10.1. The fourth-order valence-corrected chi connectivity index (χ4v) is 2.19. The molecule has 0 bridgehead atoms. The predicted octanol–water partition coefficient (Wildman–Crippen LogP) is 0.717. The molecule has 1 aromatic carbocycles. The summed E-state index contributed by atoms with van der Waals surface area (Å²) >= 11 is 0. The molecule has 0 aromatic heterocycles. The summed E-state index contributed by atoms with van der Waals surface area (Å²) in [6.45, 7) is 0.0525. The number of hydrogen-bond acceptors (Lipinski definition) is 5. The molecule has 0 saturated carbocycles. The summed E-state index contributed by atoms with van der Waals surface area (Å²) in [5, 5.41) is 13.4. The minimum Gasteiger partial charge on any atom is -0.359 e. The number of fused-ring (bicyclic) bond motifs is 1. The van der Waals surface area contributed by atoms with Gasteiger partial charge in [0.1, 0.15) is 5.56 Å². The minimum atomic E-state index is -0.682. The average molecular weight is 291 g/mol. The molecule has 8 nitrogen and oxygen atoms in total. The maximum atomic E-state index is 12.2. The van der Waals surface area contributed by atoms with E-state index in [0.29, 0.717) is 6.42 Å². The number of imide groups is 1. The number of nitro benzene ring substituents is 1. The molecule has 0 unspecified atom stereocenters. The van der Waals surface area contributed by atoms with Gasteiger partial charge in [-0.2, -0.15) is 0 Å². The summed E-state index contributed by atoms with van der Waals surface area (Å²) < 4.78 is 0. The highest BCUT2D eigenvalue weighted by atomic mass is 16.6. The third-order valence-corrected chi connectivity index (χ3v) is 3.24. The Morgan fingerprint density at radius 1 is 1.33 bits per heavy atom. The number of hydrogen-bond donors (Lipinski definition) is 1. The zero-order chi connectivity index (χ0) is 15.6. The van der Waals surface area contributed by atoms with Gasteiger partial charge in [0.25, 0.3) is 17.5 Å². The fourth-order valence-electron chi connectivity index (χ4n) is 2.19. The molecule has 0 spiro atoms. The molecule has 110 valence electrons. The normalized spacial score (nSPS) is 13.3. The van der Waals surface area contributed by atoms with E-state index in [9.17, 15) is 24.5 Å². The van der Waals surface area contributed by atoms with Crippen LogP contribution in [0, 0.1) is 10.1 Å². The molecule has 0 atom stereocenters. The van der Waals surface area contributed by atoms with E-state index in [0.717, 1.165) is 4.90 Å². The Morgan fingerprint density at radius 3 is 2.67 bits per heavy atom. The highest BCUT2D eigenvalue weighted by molar-refractivity contribution is 6.23. The maximum Gasteiger partial charge on any atom is 0.282 e. The summed E-state index contributed by atoms with van der Waals surface area (Å²) in [6.07, 6.45) is 0.477. The van der Waals surface area contributed by atoms with Crippen LogP contribution in [0.2, 0.25) is 0 Å². The summed E-state index contributed by atoms with van der Waals surface area (Å²) in [6, 6.07) is 3.95. The van der Waals surface area contributed by atoms with Gasteiger partial charge in [-0.15, -0.1) is 0 Å². The second kappa shape index (κ2) is 5.70. The van der Waals surface area contributed by atoms with E-state index in [1.165, 1.54) is 25.2 Å². The van der Waals surface area contributed by atoms with Gasteiger partial charge < -0.3 is 5.32 Å². The zero-order valence-electron chi connectivity index (χ0n) is 11.3. The van der Waals surface area contributed by atoms with Gasteiger partial charge in [0.05, 0.1) is 10.5 Å². The van der Waals surface area contributed by atoms with Gasteiger partial charge >= 0.3 is 0 Å². The smallest absolute Gasteiger partial charge is 0.282 e. The molecule has 0 aliphatic carbocycles. The first-order valence-corrected chi connectivity index (χ1v) is 6.31. The molecule has 8 heteroatoms. The van der Waals surface area contributed by atoms with Gasteiger partial charge in [-0.25, -0.2) is 0 Å². The number of carbonyl (C=O) groups excluding carboxylic acids is 3. The van der Waals surface area contributed by atoms with E-state index < -0.39 is 16.7 Å². The Labute approximate surface area is 119 Å². The SMILES string of the molecule is CNC(=O)CCCN1C(=O)c2cccc([N+](=O)[O-])c2C1=O. The molecule has 1 aliphatic heterocycles. The molecule has 1 heterocycles. The maximum absolute atomic E-state index is 12.2. The third kappa shape index (κ3) is 2.60. The summed E-state index contributed by atoms with van der Waals surface area (Å²) in [5.74, 6) is -1.44. The average Bonchev–Trinajstić information content (AvgIpc) is 2.71. The molecule has 0 saturated heterocycles. The molecule has 1 N–H and O–H groups in total. The number of nitrogens with zero attached hydrogens (tertiary/aromatic N) is 2. The third-order valence-electron chi connectivity index (χ3n) is 3.24. The number of nitro groups is 1. The standard InChI is InChI=1S/C13H13N3O5/c1-14-10(17)6-3-7-15-12(18)8-4-2-5-9(16(20)21)11(8)13(15)19/h2,4-5H,3,6-7H2,1H3,(H,14,17). The molecule has 2 rings (SSSR count). The molecule has 1 aromatic rings. The Morgan fingerprint density at radius 2 is 2.05 bits per heavy atom. The lowest BCUT2D eigenvalue weighted by Crippen LogP contribution is -2.31. The van der Waals surface area contributed by atoms with Gasteiger partial charge in [-0.3, -0.25) is 29.4 Å². The van der Waals surface area contributed by atoms with Gasteiger partial charge in [0.15, 0.2) is 0 Å². The van der Waals surface area contributed by atoms with Gasteiger partial charge in [-0.05, 0) is 12.5 Å². The van der Waals surface area contributed by atoms with Crippen LogP contribution >= 0.6 is 0 Å². The quantitative estimate of drug-likeness (QED) is 0.488. The molecule has 0 fully saturated rings. The molecular formula is C13H13N3O5. The first-order chi connectivity index (χ1) is 9.97. The Kier molecular flexibility index (Phi) is 3.97. The van der Waals surface area contributed by atoms with Crippen LogP contribution in [0.25, 0.3) is 0 Å². The van der Waals surface area contributed by atoms with Crippen LogP contribution < -0.4 is 5.32 Å². The van der Waals surface area contributed by atoms with Crippen LogP contribution in [0.4, 0.5) is 5.69 Å². The van der Waals surface area contributed by atoms with Crippen LogP contribution in [0.1, 0.15) is 33.6 Å². The van der Waals surface area contributed by atoms with Crippen LogP contribution in [0.5, 0.6) is 0 Å². The van der Waals surface area contributed by atoms with Crippen molar-refractivity contribution in [2.75, 3.05) is 13.6 Å². The van der Waals surface area contributed by atoms with Gasteiger partial charge in [-0.1, -0.05) is 6.07 Å². The number of rotatable bonds is 5. The summed E-state index contributed by atoms with van der Waals surface area (Å²) in [7, 11) is 1.49. The van der Waals surface area contributed by atoms with Gasteiger partial charge in [0, 0.05) is 26.1 Å². The first kappa shape index (κ1) is 14.6. The van der Waals surface area contributed by atoms with Crippen molar-refractivity contribution >= 4 is 23.4 Å². The Balaban J connectivity index is 2.20. The van der Waals surface area contributed by atoms with Crippen molar-refractivity contribution in [1.29, 1.82) is 0 Å². The van der Waals surface area contributed by atoms with E-state index in [1.807, 2.05) is 0 Å². The van der Waals surface area contributed by atoms with Crippen LogP contribution in [-0.4, -0.2) is 41.1 Å². The van der Waals surface area contributed by atoms with Crippen LogP contribution in [-0.2, 0) is 4.79 Å². The van der Waals surface area contributed by atoms with Crippen molar-refractivity contribution in [3.05, 3.63) is 39.4 Å². The first-order valence-electron chi connectivity index (χ1n) is 6.31. The second-order valence-corrected chi connectivity index (χ2v) is 4.50. The largest absolute Gasteiger partial charge is 0.359 e. The monoisotopic (exact) mass is 291 g/mol. The van der Waals surface area contributed by atoms with E-state index >= 15 is 0 Å². The van der Waals surface area contributed by atoms with Crippen molar-refractivity contribution in [3.8, 4) is 0 Å². The lowest BCUT2D eigenvalue weighted by molar-refractivity contribution is -0.385. The van der Waals surface area contributed by atoms with Crippen LogP contribution in [0.15, 0.2) is 18.2 Å². The Hall–Kier alpha value is -2.77. The van der Waals surface area contributed by atoms with Gasteiger partial charge in [0.2, 0.25) is 5.91 Å². The molecule has 1 aliphatic rings. The predicted molar refractivity (Wildman–Crippen MR) is 71.8 cm³/mol. The van der Waals surface area contributed by atoms with E-state index in [-0.39, 0.29) is 35.7 Å². The van der Waals surface area contributed by atoms with E-state index in [4.69, 9.17) is 0 Å². The molecule has 0 radical (unpaired) electrons. The van der Waals surface area contributed by atoms with Crippen LogP contribution in [0.3, 0.4) is 0 Å². The lowest BCUT2D eigenvalue weighted by Gasteiger charge is -2.12. The molecule has 21 heavy (non-hydrogen) atoms.